The molecule has 0 aliphatic carbocycles. The van der Waals surface area contributed by atoms with Crippen LogP contribution in [0.2, 0.25) is 0 Å². The molecule has 0 aliphatic heterocycles. The topological polar surface area (TPSA) is 116 Å². The normalized spacial score (nSPS) is 11.3. The average Bonchev–Trinajstić information content (AvgIpc) is 2.26. The summed E-state index contributed by atoms with van der Waals surface area (Å²) in [5.41, 5.74) is 4.77. The summed E-state index contributed by atoms with van der Waals surface area (Å²) in [5, 5.41) is 13.1. The third-order valence-corrected chi connectivity index (χ3v) is 1.84. The van der Waals surface area contributed by atoms with E-state index >= 15 is 0 Å². The second kappa shape index (κ2) is 6.13. The lowest BCUT2D eigenvalue weighted by molar-refractivity contribution is -0.383. The van der Waals surface area contributed by atoms with E-state index in [1.165, 1.54) is 0 Å². The van der Waals surface area contributed by atoms with Crippen molar-refractivity contribution in [2.24, 2.45) is 0 Å². The number of halogens is 3. The second-order valence-electron chi connectivity index (χ2n) is 3.31. The molecule has 8 nitrogen and oxygen atoms in total. The average molecular weight is 281 g/mol. The first-order chi connectivity index (χ1) is 8.81. The molecule has 19 heavy (non-hydrogen) atoms. The summed E-state index contributed by atoms with van der Waals surface area (Å²) < 4.78 is 39.6. The molecule has 1 aromatic heterocycles. The highest BCUT2D eigenvalue weighted by Crippen LogP contribution is 2.25. The number of ether oxygens (including phenoxy) is 1. The summed E-state index contributed by atoms with van der Waals surface area (Å²) in [6.45, 7) is -1.77. The van der Waals surface area contributed by atoms with E-state index in [4.69, 9.17) is 5.73 Å². The van der Waals surface area contributed by atoms with Crippen molar-refractivity contribution in [3.8, 4) is 0 Å². The van der Waals surface area contributed by atoms with Crippen LogP contribution in [0.25, 0.3) is 0 Å². The predicted octanol–water partition coefficient (Wildman–Crippen LogP) is 0.958. The number of hydrogen-bond acceptors (Lipinski definition) is 7. The lowest BCUT2D eigenvalue weighted by atomic mass is 10.4. The molecule has 0 amide bonds. The molecule has 0 spiro atoms. The highest BCUT2D eigenvalue weighted by Gasteiger charge is 2.27. The largest absolute Gasteiger partial charge is 0.411 e. The van der Waals surface area contributed by atoms with Crippen LogP contribution in [0.15, 0.2) is 6.33 Å². The first kappa shape index (κ1) is 14.9. The lowest BCUT2D eigenvalue weighted by Gasteiger charge is -2.09. The van der Waals surface area contributed by atoms with Gasteiger partial charge in [0.25, 0.3) is 0 Å². The van der Waals surface area contributed by atoms with Gasteiger partial charge in [-0.2, -0.15) is 13.2 Å². The van der Waals surface area contributed by atoms with Gasteiger partial charge in [0.1, 0.15) is 12.9 Å². The highest BCUT2D eigenvalue weighted by molar-refractivity contribution is 5.67. The zero-order chi connectivity index (χ0) is 14.5. The van der Waals surface area contributed by atoms with Gasteiger partial charge in [-0.05, 0) is 0 Å². The Morgan fingerprint density at radius 1 is 1.47 bits per heavy atom. The van der Waals surface area contributed by atoms with Crippen LogP contribution in [0.3, 0.4) is 0 Å². The quantitative estimate of drug-likeness (QED) is 0.453. The van der Waals surface area contributed by atoms with E-state index in [1.807, 2.05) is 0 Å². The molecule has 0 bridgehead atoms. The highest BCUT2D eigenvalue weighted by atomic mass is 19.4. The molecule has 1 rings (SSSR count). The van der Waals surface area contributed by atoms with Crippen LogP contribution in [-0.2, 0) is 4.74 Å². The minimum atomic E-state index is -4.41. The van der Waals surface area contributed by atoms with Gasteiger partial charge in [-0.3, -0.25) is 10.1 Å². The van der Waals surface area contributed by atoms with Crippen molar-refractivity contribution in [2.45, 2.75) is 6.18 Å². The first-order valence-electron chi connectivity index (χ1n) is 4.94. The molecule has 1 heterocycles. The molecule has 0 radical (unpaired) electrons. The Bertz CT molecular complexity index is 454. The molecule has 0 fully saturated rings. The van der Waals surface area contributed by atoms with Crippen molar-refractivity contribution >= 4 is 17.3 Å². The van der Waals surface area contributed by atoms with E-state index in [-0.39, 0.29) is 24.8 Å². The van der Waals surface area contributed by atoms with Gasteiger partial charge in [0.05, 0.1) is 11.5 Å². The van der Waals surface area contributed by atoms with E-state index in [0.717, 1.165) is 6.33 Å². The fourth-order valence-electron chi connectivity index (χ4n) is 1.13. The maximum Gasteiger partial charge on any atom is 0.411 e. The monoisotopic (exact) mass is 281 g/mol. The number of nitro groups is 1. The molecular formula is C8H10F3N5O3. The van der Waals surface area contributed by atoms with Crippen molar-refractivity contribution in [3.05, 3.63) is 16.4 Å². The Balaban J connectivity index is 2.50. The van der Waals surface area contributed by atoms with Gasteiger partial charge >= 0.3 is 11.9 Å². The number of nitrogen functional groups attached to an aromatic ring is 1. The number of hydrogen-bond donors (Lipinski definition) is 2. The van der Waals surface area contributed by atoms with E-state index < -0.39 is 23.4 Å². The number of aromatic nitrogens is 2. The smallest absolute Gasteiger partial charge is 0.378 e. The van der Waals surface area contributed by atoms with E-state index in [1.54, 1.807) is 0 Å². The Labute approximate surface area is 104 Å². The van der Waals surface area contributed by atoms with Gasteiger partial charge in [-0.25, -0.2) is 9.97 Å². The minimum Gasteiger partial charge on any atom is -0.378 e. The summed E-state index contributed by atoms with van der Waals surface area (Å²) in [4.78, 5) is 16.9. The van der Waals surface area contributed by atoms with Gasteiger partial charge in [0.15, 0.2) is 0 Å². The van der Waals surface area contributed by atoms with Gasteiger partial charge in [0, 0.05) is 6.54 Å². The molecule has 1 aromatic rings. The predicted molar refractivity (Wildman–Crippen MR) is 58.5 cm³/mol. The van der Waals surface area contributed by atoms with Gasteiger partial charge in [0.2, 0.25) is 11.6 Å². The summed E-state index contributed by atoms with van der Waals surface area (Å²) in [6.07, 6.45) is -3.41. The van der Waals surface area contributed by atoms with Crippen molar-refractivity contribution in [3.63, 3.8) is 0 Å². The van der Waals surface area contributed by atoms with Gasteiger partial charge in [-0.15, -0.1) is 0 Å². The van der Waals surface area contributed by atoms with Crippen LogP contribution < -0.4 is 11.1 Å². The second-order valence-corrected chi connectivity index (χ2v) is 3.31. The molecule has 0 aliphatic rings. The first-order valence-corrected chi connectivity index (χ1v) is 4.94. The Kier molecular flexibility index (Phi) is 4.80. The summed E-state index contributed by atoms with van der Waals surface area (Å²) in [6, 6.07) is 0. The Morgan fingerprint density at radius 3 is 2.74 bits per heavy atom. The number of alkyl halides is 3. The third kappa shape index (κ3) is 4.91. The van der Waals surface area contributed by atoms with Crippen LogP contribution in [0.5, 0.6) is 0 Å². The molecule has 0 saturated heterocycles. The number of anilines is 2. The van der Waals surface area contributed by atoms with Crippen molar-refractivity contribution in [1.29, 1.82) is 0 Å². The fourth-order valence-corrected chi connectivity index (χ4v) is 1.13. The number of nitrogens with zero attached hydrogens (tertiary/aromatic N) is 3. The molecule has 0 atom stereocenters. The van der Waals surface area contributed by atoms with E-state index in [0.29, 0.717) is 0 Å². The molecule has 0 aromatic carbocycles. The minimum absolute atomic E-state index is 0.0899. The number of rotatable bonds is 6. The third-order valence-electron chi connectivity index (χ3n) is 1.84. The summed E-state index contributed by atoms with van der Waals surface area (Å²) in [5.74, 6) is -0.508. The molecule has 0 unspecified atom stereocenters. The Hall–Kier alpha value is -2.17. The summed E-state index contributed by atoms with van der Waals surface area (Å²) in [7, 11) is 0. The van der Waals surface area contributed by atoms with Crippen molar-refractivity contribution in [1.82, 2.24) is 9.97 Å². The Morgan fingerprint density at radius 2 is 2.16 bits per heavy atom. The van der Waals surface area contributed by atoms with Gasteiger partial charge in [-0.1, -0.05) is 0 Å². The molecule has 106 valence electrons. The van der Waals surface area contributed by atoms with Crippen LogP contribution in [0.4, 0.5) is 30.5 Å². The molecule has 0 saturated carbocycles. The molecular weight excluding hydrogens is 271 g/mol. The zero-order valence-corrected chi connectivity index (χ0v) is 9.48. The van der Waals surface area contributed by atoms with Crippen LogP contribution in [0, 0.1) is 10.1 Å². The van der Waals surface area contributed by atoms with Crippen LogP contribution >= 0.6 is 0 Å². The van der Waals surface area contributed by atoms with E-state index in [9.17, 15) is 23.3 Å². The zero-order valence-electron chi connectivity index (χ0n) is 9.48. The maximum absolute atomic E-state index is 11.8. The van der Waals surface area contributed by atoms with Gasteiger partial charge < -0.3 is 15.8 Å². The maximum atomic E-state index is 11.8. The number of nitrogens with one attached hydrogen (secondary N) is 1. The number of nitrogens with two attached hydrogens (primary N) is 1. The fraction of sp³-hybridized carbons (Fsp3) is 0.500. The lowest BCUT2D eigenvalue weighted by Crippen LogP contribution is -2.20. The van der Waals surface area contributed by atoms with Crippen LogP contribution in [-0.4, -0.2) is 40.8 Å². The molecule has 3 N–H and O–H groups in total. The molecule has 11 heteroatoms. The standard InChI is InChI=1S/C8H10F3N5O3/c9-8(10,11)3-19-2-1-13-7-5(16(17)18)6(12)14-4-15-7/h4H,1-3H2,(H3,12,13,14,15). The summed E-state index contributed by atoms with van der Waals surface area (Å²) >= 11 is 0. The SMILES string of the molecule is Nc1ncnc(NCCOCC(F)(F)F)c1[N+](=O)[O-]. The van der Waals surface area contributed by atoms with Crippen molar-refractivity contribution < 1.29 is 22.8 Å². The van der Waals surface area contributed by atoms with E-state index in [2.05, 4.69) is 20.0 Å². The van der Waals surface area contributed by atoms with Crippen LogP contribution in [0.1, 0.15) is 0 Å². The van der Waals surface area contributed by atoms with Crippen molar-refractivity contribution in [2.75, 3.05) is 30.8 Å².